The van der Waals surface area contributed by atoms with Crippen molar-refractivity contribution >= 4 is 6.03 Å². The maximum Gasteiger partial charge on any atom is 0.315 e. The second-order valence-corrected chi connectivity index (χ2v) is 5.95. The van der Waals surface area contributed by atoms with Crippen molar-refractivity contribution in [2.24, 2.45) is 0 Å². The molecule has 2 aromatic heterocycles. The highest BCUT2D eigenvalue weighted by Gasteiger charge is 2.04. The van der Waals surface area contributed by atoms with Gasteiger partial charge < -0.3 is 19.7 Å². The van der Waals surface area contributed by atoms with Gasteiger partial charge in [-0.3, -0.25) is 4.79 Å². The Labute approximate surface area is 150 Å². The van der Waals surface area contributed by atoms with Crippen LogP contribution in [-0.4, -0.2) is 15.8 Å². The highest BCUT2D eigenvalue weighted by atomic mass is 16.5. The first-order valence-electron chi connectivity index (χ1n) is 8.27. The first-order valence-corrected chi connectivity index (χ1v) is 8.27. The van der Waals surface area contributed by atoms with E-state index in [9.17, 15) is 9.59 Å². The second kappa shape index (κ2) is 8.15. The Morgan fingerprint density at radius 1 is 1.08 bits per heavy atom. The van der Waals surface area contributed by atoms with Crippen molar-refractivity contribution in [3.8, 4) is 0 Å². The van der Waals surface area contributed by atoms with Gasteiger partial charge in [0.2, 0.25) is 0 Å². The molecule has 0 aliphatic carbocycles. The van der Waals surface area contributed by atoms with E-state index in [1.165, 1.54) is 6.07 Å². The van der Waals surface area contributed by atoms with Crippen molar-refractivity contribution in [3.05, 3.63) is 87.7 Å². The van der Waals surface area contributed by atoms with Gasteiger partial charge in [-0.2, -0.15) is 0 Å². The molecule has 7 heteroatoms. The zero-order chi connectivity index (χ0) is 18.4. The molecule has 26 heavy (non-hydrogen) atoms. The molecule has 0 saturated carbocycles. The zero-order valence-corrected chi connectivity index (χ0v) is 14.4. The predicted octanol–water partition coefficient (Wildman–Crippen LogP) is 2.19. The van der Waals surface area contributed by atoms with E-state index < -0.39 is 0 Å². The molecule has 3 rings (SSSR count). The number of urea groups is 1. The van der Waals surface area contributed by atoms with E-state index >= 15 is 0 Å². The molecule has 0 unspecified atom stereocenters. The zero-order valence-electron chi connectivity index (χ0n) is 14.4. The second-order valence-electron chi connectivity index (χ2n) is 5.95. The van der Waals surface area contributed by atoms with Gasteiger partial charge in [0.15, 0.2) is 5.76 Å². The lowest BCUT2D eigenvalue weighted by molar-refractivity contribution is 0.238. The van der Waals surface area contributed by atoms with Crippen molar-refractivity contribution < 1.29 is 9.32 Å². The normalized spacial score (nSPS) is 10.5. The summed E-state index contributed by atoms with van der Waals surface area (Å²) in [4.78, 5) is 23.6. The summed E-state index contributed by atoms with van der Waals surface area (Å²) in [7, 11) is 0. The summed E-state index contributed by atoms with van der Waals surface area (Å²) in [5, 5.41) is 9.26. The minimum absolute atomic E-state index is 0.0307. The summed E-state index contributed by atoms with van der Waals surface area (Å²) in [6.07, 6.45) is 1.76. The third-order valence-corrected chi connectivity index (χ3v) is 3.83. The minimum Gasteiger partial charge on any atom is -0.359 e. The lowest BCUT2D eigenvalue weighted by Crippen LogP contribution is -2.34. The molecule has 134 valence electrons. The molecule has 1 aromatic carbocycles. The Kier molecular flexibility index (Phi) is 5.48. The molecule has 0 bridgehead atoms. The van der Waals surface area contributed by atoms with E-state index in [1.54, 1.807) is 22.9 Å². The molecule has 2 amide bonds. The number of carbonyl (C=O) groups excluding carboxylic acids is 1. The van der Waals surface area contributed by atoms with Gasteiger partial charge in [0.05, 0.1) is 18.8 Å². The van der Waals surface area contributed by atoms with Crippen LogP contribution in [0.4, 0.5) is 4.79 Å². The number of hydrogen-bond acceptors (Lipinski definition) is 4. The number of benzene rings is 1. The molecule has 2 N–H and O–H groups in total. The van der Waals surface area contributed by atoms with Crippen LogP contribution in [0.5, 0.6) is 0 Å². The van der Waals surface area contributed by atoms with Crippen molar-refractivity contribution in [3.63, 3.8) is 0 Å². The molecule has 0 radical (unpaired) electrons. The standard InChI is InChI=1S/C19H20N4O3/c1-14-10-17(26-22-14)12-21-19(25)20-11-15-5-7-16(8-6-15)13-23-9-3-2-4-18(23)24/h2-10H,11-13H2,1H3,(H2,20,21,25). The quantitative estimate of drug-likeness (QED) is 0.712. The summed E-state index contributed by atoms with van der Waals surface area (Å²) >= 11 is 0. The Bertz CT molecular complexity index is 928. The fourth-order valence-corrected chi connectivity index (χ4v) is 2.46. The average Bonchev–Trinajstić information content (AvgIpc) is 3.07. The Hall–Kier alpha value is -3.35. The average molecular weight is 352 g/mol. The third kappa shape index (κ3) is 4.83. The van der Waals surface area contributed by atoms with E-state index in [2.05, 4.69) is 15.8 Å². The van der Waals surface area contributed by atoms with Crippen LogP contribution < -0.4 is 16.2 Å². The highest BCUT2D eigenvalue weighted by Crippen LogP contribution is 2.06. The predicted molar refractivity (Wildman–Crippen MR) is 96.6 cm³/mol. The van der Waals surface area contributed by atoms with Crippen LogP contribution >= 0.6 is 0 Å². The van der Waals surface area contributed by atoms with Gasteiger partial charge in [0.1, 0.15) is 0 Å². The number of nitrogens with one attached hydrogen (secondary N) is 2. The van der Waals surface area contributed by atoms with Gasteiger partial charge in [-0.1, -0.05) is 35.5 Å². The van der Waals surface area contributed by atoms with Gasteiger partial charge in [-0.25, -0.2) is 4.79 Å². The smallest absolute Gasteiger partial charge is 0.315 e. The lowest BCUT2D eigenvalue weighted by atomic mass is 10.1. The maximum atomic E-state index is 11.8. The number of pyridine rings is 1. The Balaban J connectivity index is 1.47. The monoisotopic (exact) mass is 352 g/mol. The summed E-state index contributed by atoms with van der Waals surface area (Å²) in [5.41, 5.74) is 2.74. The van der Waals surface area contributed by atoms with Crippen LogP contribution in [0.3, 0.4) is 0 Å². The first-order chi connectivity index (χ1) is 12.6. The number of aryl methyl sites for hydroxylation is 1. The van der Waals surface area contributed by atoms with E-state index in [1.807, 2.05) is 37.3 Å². The largest absolute Gasteiger partial charge is 0.359 e. The molecular formula is C19H20N4O3. The Morgan fingerprint density at radius 3 is 2.50 bits per heavy atom. The van der Waals surface area contributed by atoms with Crippen LogP contribution in [0.1, 0.15) is 22.6 Å². The van der Waals surface area contributed by atoms with Crippen LogP contribution in [0, 0.1) is 6.92 Å². The molecule has 0 aliphatic heterocycles. The fourth-order valence-electron chi connectivity index (χ4n) is 2.46. The number of carbonyl (C=O) groups is 1. The third-order valence-electron chi connectivity index (χ3n) is 3.83. The van der Waals surface area contributed by atoms with E-state index in [4.69, 9.17) is 4.52 Å². The summed E-state index contributed by atoms with van der Waals surface area (Å²) in [6, 6.07) is 14.4. The van der Waals surface area contributed by atoms with Gasteiger partial charge >= 0.3 is 6.03 Å². The van der Waals surface area contributed by atoms with Crippen molar-refractivity contribution in [1.82, 2.24) is 20.4 Å². The van der Waals surface area contributed by atoms with Gasteiger partial charge in [0, 0.05) is 24.9 Å². The van der Waals surface area contributed by atoms with Crippen LogP contribution in [0.15, 0.2) is 64.0 Å². The minimum atomic E-state index is -0.279. The number of aromatic nitrogens is 2. The molecule has 3 aromatic rings. The molecular weight excluding hydrogens is 332 g/mol. The summed E-state index contributed by atoms with van der Waals surface area (Å²) < 4.78 is 6.68. The van der Waals surface area contributed by atoms with Crippen molar-refractivity contribution in [1.29, 1.82) is 0 Å². The molecule has 0 atom stereocenters. The van der Waals surface area contributed by atoms with E-state index in [0.29, 0.717) is 18.8 Å². The molecule has 0 spiro atoms. The Morgan fingerprint density at radius 2 is 1.81 bits per heavy atom. The van der Waals surface area contributed by atoms with Crippen LogP contribution in [-0.2, 0) is 19.6 Å². The summed E-state index contributed by atoms with van der Waals surface area (Å²) in [5.74, 6) is 0.609. The highest BCUT2D eigenvalue weighted by molar-refractivity contribution is 5.73. The van der Waals surface area contributed by atoms with Gasteiger partial charge in [-0.05, 0) is 24.1 Å². The topological polar surface area (TPSA) is 89.2 Å². The number of amides is 2. The molecule has 2 heterocycles. The first kappa shape index (κ1) is 17.5. The lowest BCUT2D eigenvalue weighted by Gasteiger charge is -2.08. The molecule has 0 fully saturated rings. The number of hydrogen-bond donors (Lipinski definition) is 2. The number of nitrogens with zero attached hydrogens (tertiary/aromatic N) is 2. The van der Waals surface area contributed by atoms with Gasteiger partial charge in [0.25, 0.3) is 5.56 Å². The molecule has 0 saturated heterocycles. The van der Waals surface area contributed by atoms with E-state index in [0.717, 1.165) is 16.8 Å². The van der Waals surface area contributed by atoms with Gasteiger partial charge in [-0.15, -0.1) is 0 Å². The number of rotatable bonds is 6. The molecule has 0 aliphatic rings. The molecule has 7 nitrogen and oxygen atoms in total. The van der Waals surface area contributed by atoms with Crippen LogP contribution in [0.2, 0.25) is 0 Å². The SMILES string of the molecule is Cc1cc(CNC(=O)NCc2ccc(Cn3ccccc3=O)cc2)on1. The fraction of sp³-hybridized carbons (Fsp3) is 0.211. The van der Waals surface area contributed by atoms with Crippen LogP contribution in [0.25, 0.3) is 0 Å². The summed E-state index contributed by atoms with van der Waals surface area (Å²) in [6.45, 7) is 3.04. The van der Waals surface area contributed by atoms with Crippen molar-refractivity contribution in [2.75, 3.05) is 0 Å². The maximum absolute atomic E-state index is 11.8. The van der Waals surface area contributed by atoms with E-state index in [-0.39, 0.29) is 18.1 Å². The van der Waals surface area contributed by atoms with Crippen molar-refractivity contribution in [2.45, 2.75) is 26.6 Å².